The first-order chi connectivity index (χ1) is 12.0. The summed E-state index contributed by atoms with van der Waals surface area (Å²) in [6, 6.07) is 5.18. The minimum Gasteiger partial charge on any atom is -0.493 e. The van der Waals surface area contributed by atoms with Crippen molar-refractivity contribution in [2.24, 2.45) is 0 Å². The standard InChI is InChI=1S/C18H24N2O4S/c1-5-6-9-24-13-8-7-12(10-14(13)22-3)16-15(17(21)23-4)11(2)19-18(25)20-16/h7-8,10,16H,5-6,9H2,1-4H3,(H2,19,20,25)/t16-/m0/s1. The predicted octanol–water partition coefficient (Wildman–Crippen LogP) is 2.84. The van der Waals surface area contributed by atoms with E-state index in [1.807, 2.05) is 18.2 Å². The monoisotopic (exact) mass is 364 g/mol. The molecule has 1 aromatic carbocycles. The van der Waals surface area contributed by atoms with Crippen molar-refractivity contribution in [3.63, 3.8) is 0 Å². The highest BCUT2D eigenvalue weighted by molar-refractivity contribution is 7.80. The fourth-order valence-electron chi connectivity index (χ4n) is 2.63. The first-order valence-corrected chi connectivity index (χ1v) is 8.60. The van der Waals surface area contributed by atoms with E-state index in [4.69, 9.17) is 26.4 Å². The number of benzene rings is 1. The van der Waals surface area contributed by atoms with E-state index >= 15 is 0 Å². The molecule has 0 aliphatic carbocycles. The molecule has 1 heterocycles. The maximum absolute atomic E-state index is 12.2. The van der Waals surface area contributed by atoms with Crippen LogP contribution >= 0.6 is 12.2 Å². The lowest BCUT2D eigenvalue weighted by molar-refractivity contribution is -0.136. The third-order valence-corrected chi connectivity index (χ3v) is 4.17. The van der Waals surface area contributed by atoms with Gasteiger partial charge in [0.25, 0.3) is 0 Å². The molecule has 7 heteroatoms. The average molecular weight is 364 g/mol. The predicted molar refractivity (Wildman–Crippen MR) is 99.7 cm³/mol. The lowest BCUT2D eigenvalue weighted by Crippen LogP contribution is -2.45. The zero-order valence-electron chi connectivity index (χ0n) is 15.0. The Labute approximate surface area is 153 Å². The van der Waals surface area contributed by atoms with E-state index in [1.165, 1.54) is 7.11 Å². The maximum Gasteiger partial charge on any atom is 0.337 e. The third kappa shape index (κ3) is 4.42. The average Bonchev–Trinajstić information content (AvgIpc) is 2.60. The van der Waals surface area contributed by atoms with Crippen LogP contribution in [0.2, 0.25) is 0 Å². The highest BCUT2D eigenvalue weighted by Gasteiger charge is 2.31. The number of thiocarbonyl (C=S) groups is 1. The van der Waals surface area contributed by atoms with Gasteiger partial charge in [0, 0.05) is 5.70 Å². The van der Waals surface area contributed by atoms with E-state index < -0.39 is 12.0 Å². The summed E-state index contributed by atoms with van der Waals surface area (Å²) in [4.78, 5) is 12.2. The van der Waals surface area contributed by atoms with E-state index in [9.17, 15) is 4.79 Å². The highest BCUT2D eigenvalue weighted by atomic mass is 32.1. The summed E-state index contributed by atoms with van der Waals surface area (Å²) >= 11 is 5.23. The van der Waals surface area contributed by atoms with Crippen LogP contribution in [0.5, 0.6) is 11.5 Å². The molecule has 0 radical (unpaired) electrons. The first kappa shape index (κ1) is 19.1. The first-order valence-electron chi connectivity index (χ1n) is 8.19. The quantitative estimate of drug-likeness (QED) is 0.438. The van der Waals surface area contributed by atoms with Gasteiger partial charge in [0.05, 0.1) is 32.4 Å². The Balaban J connectivity index is 2.36. The maximum atomic E-state index is 12.2. The molecule has 2 rings (SSSR count). The van der Waals surface area contributed by atoms with E-state index in [0.717, 1.165) is 18.4 Å². The van der Waals surface area contributed by atoms with Crippen LogP contribution in [0.3, 0.4) is 0 Å². The summed E-state index contributed by atoms with van der Waals surface area (Å²) in [6.07, 6.45) is 2.03. The smallest absolute Gasteiger partial charge is 0.337 e. The molecule has 0 spiro atoms. The Morgan fingerprint density at radius 1 is 1.28 bits per heavy atom. The Morgan fingerprint density at radius 2 is 2.04 bits per heavy atom. The van der Waals surface area contributed by atoms with Crippen molar-refractivity contribution < 1.29 is 19.0 Å². The van der Waals surface area contributed by atoms with Gasteiger partial charge in [0.15, 0.2) is 16.6 Å². The molecular formula is C18H24N2O4S. The molecule has 136 valence electrons. The third-order valence-electron chi connectivity index (χ3n) is 3.95. The Kier molecular flexibility index (Phi) is 6.64. The number of ether oxygens (including phenoxy) is 3. The van der Waals surface area contributed by atoms with Gasteiger partial charge in [-0.3, -0.25) is 0 Å². The molecule has 0 bridgehead atoms. The van der Waals surface area contributed by atoms with Crippen LogP contribution in [0.1, 0.15) is 38.3 Å². The van der Waals surface area contributed by atoms with Gasteiger partial charge in [0.1, 0.15) is 0 Å². The molecule has 0 aromatic heterocycles. The minimum absolute atomic E-state index is 0.410. The SMILES string of the molecule is CCCCOc1ccc([C@@H]2NC(=S)NC(C)=C2C(=O)OC)cc1OC. The molecule has 1 aliphatic rings. The second-order valence-corrected chi connectivity index (χ2v) is 6.08. The number of allylic oxidation sites excluding steroid dienone is 1. The van der Waals surface area contributed by atoms with Gasteiger partial charge in [-0.05, 0) is 43.3 Å². The van der Waals surface area contributed by atoms with E-state index in [1.54, 1.807) is 14.0 Å². The topological polar surface area (TPSA) is 68.8 Å². The zero-order valence-corrected chi connectivity index (χ0v) is 15.8. The van der Waals surface area contributed by atoms with Crippen molar-refractivity contribution in [2.45, 2.75) is 32.7 Å². The van der Waals surface area contributed by atoms with Crippen LogP contribution < -0.4 is 20.1 Å². The van der Waals surface area contributed by atoms with Crippen LogP contribution in [0.15, 0.2) is 29.5 Å². The van der Waals surface area contributed by atoms with Gasteiger partial charge in [-0.25, -0.2) is 4.79 Å². The summed E-state index contributed by atoms with van der Waals surface area (Å²) in [6.45, 7) is 4.54. The highest BCUT2D eigenvalue weighted by Crippen LogP contribution is 2.34. The number of carbonyl (C=O) groups excluding carboxylic acids is 1. The number of esters is 1. The van der Waals surface area contributed by atoms with Gasteiger partial charge in [-0.1, -0.05) is 19.4 Å². The summed E-state index contributed by atoms with van der Waals surface area (Å²) in [7, 11) is 2.95. The molecule has 25 heavy (non-hydrogen) atoms. The fraction of sp³-hybridized carbons (Fsp3) is 0.444. The van der Waals surface area contributed by atoms with Gasteiger partial charge in [-0.2, -0.15) is 0 Å². The molecule has 0 saturated carbocycles. The number of carbonyl (C=O) groups is 1. The molecule has 0 amide bonds. The van der Waals surface area contributed by atoms with Crippen molar-refractivity contribution >= 4 is 23.3 Å². The molecule has 2 N–H and O–H groups in total. The second kappa shape index (κ2) is 8.71. The lowest BCUT2D eigenvalue weighted by Gasteiger charge is -2.30. The molecule has 1 atom stereocenters. The van der Waals surface area contributed by atoms with E-state index in [2.05, 4.69) is 17.6 Å². The van der Waals surface area contributed by atoms with Crippen molar-refractivity contribution in [3.8, 4) is 11.5 Å². The summed E-state index contributed by atoms with van der Waals surface area (Å²) in [5.41, 5.74) is 1.99. The van der Waals surface area contributed by atoms with Gasteiger partial charge >= 0.3 is 5.97 Å². The molecule has 0 fully saturated rings. The van der Waals surface area contributed by atoms with Crippen LogP contribution in [0.25, 0.3) is 0 Å². The number of hydrogen-bond donors (Lipinski definition) is 2. The molecule has 6 nitrogen and oxygen atoms in total. The number of rotatable bonds is 7. The van der Waals surface area contributed by atoms with Crippen molar-refractivity contribution in [2.75, 3.05) is 20.8 Å². The molecule has 1 aliphatic heterocycles. The molecule has 1 aromatic rings. The van der Waals surface area contributed by atoms with Crippen LogP contribution in [0.4, 0.5) is 0 Å². The van der Waals surface area contributed by atoms with Crippen molar-refractivity contribution in [1.29, 1.82) is 0 Å². The molecular weight excluding hydrogens is 340 g/mol. The summed E-state index contributed by atoms with van der Waals surface area (Å²) < 4.78 is 16.1. The lowest BCUT2D eigenvalue weighted by atomic mass is 9.95. The van der Waals surface area contributed by atoms with E-state index in [-0.39, 0.29) is 0 Å². The number of unbranched alkanes of at least 4 members (excludes halogenated alkanes) is 1. The normalized spacial score (nSPS) is 16.8. The van der Waals surface area contributed by atoms with Crippen LogP contribution in [-0.2, 0) is 9.53 Å². The van der Waals surface area contributed by atoms with Gasteiger partial charge < -0.3 is 24.8 Å². The number of methoxy groups -OCH3 is 2. The Morgan fingerprint density at radius 3 is 2.68 bits per heavy atom. The minimum atomic E-state index is -0.417. The van der Waals surface area contributed by atoms with Crippen LogP contribution in [0, 0.1) is 0 Å². The molecule has 0 saturated heterocycles. The van der Waals surface area contributed by atoms with Gasteiger partial charge in [-0.15, -0.1) is 0 Å². The fourth-order valence-corrected chi connectivity index (χ4v) is 2.90. The Bertz CT molecular complexity index is 688. The number of hydrogen-bond acceptors (Lipinski definition) is 5. The second-order valence-electron chi connectivity index (χ2n) is 5.67. The van der Waals surface area contributed by atoms with E-state index in [0.29, 0.717) is 34.5 Å². The Hall–Kier alpha value is -2.28. The molecule has 0 unspecified atom stereocenters. The summed E-state index contributed by atoms with van der Waals surface area (Å²) in [5.74, 6) is 0.880. The number of nitrogens with one attached hydrogen (secondary N) is 2. The summed E-state index contributed by atoms with van der Waals surface area (Å²) in [5, 5.41) is 6.53. The zero-order chi connectivity index (χ0) is 18.4. The van der Waals surface area contributed by atoms with Crippen molar-refractivity contribution in [1.82, 2.24) is 10.6 Å². The largest absolute Gasteiger partial charge is 0.493 e. The van der Waals surface area contributed by atoms with Crippen molar-refractivity contribution in [3.05, 3.63) is 35.0 Å². The van der Waals surface area contributed by atoms with Gasteiger partial charge in [0.2, 0.25) is 0 Å². The van der Waals surface area contributed by atoms with Crippen LogP contribution in [-0.4, -0.2) is 31.9 Å².